The Morgan fingerprint density at radius 2 is 1.96 bits per heavy atom. The van der Waals surface area contributed by atoms with Gasteiger partial charge in [-0.2, -0.15) is 5.10 Å². The highest BCUT2D eigenvalue weighted by molar-refractivity contribution is 5.92. The highest BCUT2D eigenvalue weighted by atomic mass is 16.4. The number of hydrogen-bond donors (Lipinski definition) is 2. The Kier molecular flexibility index (Phi) is 4.98. The zero-order valence-electron chi connectivity index (χ0n) is 15.1. The van der Waals surface area contributed by atoms with E-state index in [4.69, 9.17) is 5.11 Å². The molecule has 0 spiro atoms. The highest BCUT2D eigenvalue weighted by Gasteiger charge is 2.38. The molecule has 3 aliphatic rings. The topological polar surface area (TPSA) is 87.5 Å². The second-order valence-electron chi connectivity index (χ2n) is 8.16. The van der Waals surface area contributed by atoms with Gasteiger partial charge in [0.05, 0.1) is 12.6 Å². The molecule has 7 nitrogen and oxygen atoms in total. The second-order valence-corrected chi connectivity index (χ2v) is 8.16. The minimum Gasteiger partial charge on any atom is -0.480 e. The van der Waals surface area contributed by atoms with E-state index in [9.17, 15) is 9.59 Å². The molecule has 142 valence electrons. The predicted octanol–water partition coefficient (Wildman–Crippen LogP) is 2.06. The molecule has 0 aromatic carbocycles. The van der Waals surface area contributed by atoms with Gasteiger partial charge >= 0.3 is 5.97 Å². The number of aromatic nitrogens is 2. The number of nitrogens with zero attached hydrogens (tertiary/aromatic N) is 3. The van der Waals surface area contributed by atoms with Crippen molar-refractivity contribution in [3.05, 3.63) is 18.0 Å². The van der Waals surface area contributed by atoms with Crippen LogP contribution in [0.2, 0.25) is 0 Å². The van der Waals surface area contributed by atoms with Gasteiger partial charge in [0, 0.05) is 24.8 Å². The predicted molar refractivity (Wildman–Crippen MR) is 95.9 cm³/mol. The number of carbonyl (C=O) groups is 2. The molecule has 1 aromatic heterocycles. The van der Waals surface area contributed by atoms with Crippen LogP contribution in [0.5, 0.6) is 0 Å². The molecule has 1 heterocycles. The van der Waals surface area contributed by atoms with Crippen LogP contribution in [-0.4, -0.2) is 56.8 Å². The lowest BCUT2D eigenvalue weighted by atomic mass is 9.85. The first-order chi connectivity index (χ1) is 12.6. The fraction of sp³-hybridized carbons (Fsp3) is 0.737. The Morgan fingerprint density at radius 3 is 2.62 bits per heavy atom. The number of carboxylic acid groups (broad SMARTS) is 1. The smallest absolute Gasteiger partial charge is 0.317 e. The third-order valence-electron chi connectivity index (χ3n) is 6.07. The Bertz CT molecular complexity index is 657. The number of aliphatic carboxylic acids is 1. The van der Waals surface area contributed by atoms with Gasteiger partial charge in [-0.05, 0) is 50.5 Å². The normalized spacial score (nSPS) is 26.0. The quantitative estimate of drug-likeness (QED) is 0.741. The largest absolute Gasteiger partial charge is 0.480 e. The summed E-state index contributed by atoms with van der Waals surface area (Å²) in [4.78, 5) is 25.9. The Morgan fingerprint density at radius 1 is 1.23 bits per heavy atom. The first kappa shape index (κ1) is 17.5. The van der Waals surface area contributed by atoms with Crippen LogP contribution in [0.25, 0.3) is 0 Å². The molecule has 0 radical (unpaired) electrons. The van der Waals surface area contributed by atoms with Crippen LogP contribution in [-0.2, 0) is 4.79 Å². The van der Waals surface area contributed by atoms with Gasteiger partial charge in [-0.15, -0.1) is 0 Å². The second kappa shape index (κ2) is 7.39. The molecular weight excluding hydrogens is 332 g/mol. The molecule has 4 rings (SSSR count). The van der Waals surface area contributed by atoms with Crippen LogP contribution in [0.1, 0.15) is 67.9 Å². The summed E-state index contributed by atoms with van der Waals surface area (Å²) < 4.78 is 1.89. The lowest BCUT2D eigenvalue weighted by Crippen LogP contribution is -2.55. The summed E-state index contributed by atoms with van der Waals surface area (Å²) in [5, 5.41) is 16.6. The van der Waals surface area contributed by atoms with Crippen LogP contribution < -0.4 is 5.32 Å². The van der Waals surface area contributed by atoms with E-state index in [1.165, 1.54) is 25.7 Å². The van der Waals surface area contributed by atoms with Crippen LogP contribution in [0.15, 0.2) is 12.3 Å². The molecule has 0 atom stereocenters. The average Bonchev–Trinajstić information content (AvgIpc) is 3.03. The van der Waals surface area contributed by atoms with E-state index in [1.54, 1.807) is 12.3 Å². The Balaban J connectivity index is 1.30. The number of carbonyl (C=O) groups excluding carboxylic acids is 1. The van der Waals surface area contributed by atoms with E-state index >= 15 is 0 Å². The van der Waals surface area contributed by atoms with Crippen LogP contribution >= 0.6 is 0 Å². The maximum Gasteiger partial charge on any atom is 0.317 e. The van der Waals surface area contributed by atoms with Crippen LogP contribution in [0.3, 0.4) is 0 Å². The maximum absolute atomic E-state index is 12.6. The van der Waals surface area contributed by atoms with Gasteiger partial charge in [0.15, 0.2) is 0 Å². The molecular formula is C19H28N4O3. The van der Waals surface area contributed by atoms with Gasteiger partial charge in [-0.25, -0.2) is 0 Å². The van der Waals surface area contributed by atoms with Crippen molar-refractivity contribution in [3.8, 4) is 0 Å². The lowest BCUT2D eigenvalue weighted by molar-refractivity contribution is -0.139. The molecule has 0 saturated heterocycles. The molecule has 7 heteroatoms. The summed E-state index contributed by atoms with van der Waals surface area (Å²) in [5.74, 6) is -0.146. The summed E-state index contributed by atoms with van der Waals surface area (Å²) in [5.41, 5.74) is 0.653. The summed E-state index contributed by atoms with van der Waals surface area (Å²) in [6.45, 7) is 0.988. The SMILES string of the molecule is O=C(O)CN(CC1CC1)C1CC(NC(=O)c2ccnn2C2CCCC2)C1. The number of nitrogens with one attached hydrogen (secondary N) is 1. The number of hydrogen-bond acceptors (Lipinski definition) is 4. The average molecular weight is 360 g/mol. The zero-order chi connectivity index (χ0) is 18.1. The van der Waals surface area contributed by atoms with Crippen molar-refractivity contribution in [3.63, 3.8) is 0 Å². The molecule has 26 heavy (non-hydrogen) atoms. The third kappa shape index (κ3) is 3.92. The molecule has 0 unspecified atom stereocenters. The first-order valence-corrected chi connectivity index (χ1v) is 9.90. The third-order valence-corrected chi connectivity index (χ3v) is 6.07. The van der Waals surface area contributed by atoms with Crippen molar-refractivity contribution in [2.75, 3.05) is 13.1 Å². The minimum absolute atomic E-state index is 0.0511. The van der Waals surface area contributed by atoms with Gasteiger partial charge < -0.3 is 10.4 Å². The first-order valence-electron chi connectivity index (χ1n) is 9.90. The van der Waals surface area contributed by atoms with E-state index in [2.05, 4.69) is 15.3 Å². The van der Waals surface area contributed by atoms with Gasteiger partial charge in [0.2, 0.25) is 0 Å². The zero-order valence-corrected chi connectivity index (χ0v) is 15.1. The summed E-state index contributed by atoms with van der Waals surface area (Å²) in [7, 11) is 0. The van der Waals surface area contributed by atoms with Crippen molar-refractivity contribution in [2.45, 2.75) is 69.5 Å². The van der Waals surface area contributed by atoms with Crippen molar-refractivity contribution in [2.24, 2.45) is 5.92 Å². The van der Waals surface area contributed by atoms with Crippen molar-refractivity contribution in [1.82, 2.24) is 20.0 Å². The van der Waals surface area contributed by atoms with Crippen LogP contribution in [0.4, 0.5) is 0 Å². The molecule has 0 aliphatic heterocycles. The summed E-state index contributed by atoms with van der Waals surface area (Å²) in [6, 6.07) is 2.56. The number of carboxylic acids is 1. The number of amides is 1. The summed E-state index contributed by atoms with van der Waals surface area (Å²) >= 11 is 0. The number of rotatable bonds is 8. The monoisotopic (exact) mass is 360 g/mol. The van der Waals surface area contributed by atoms with E-state index < -0.39 is 5.97 Å². The molecule has 1 aromatic rings. The van der Waals surface area contributed by atoms with Crippen LogP contribution in [0, 0.1) is 5.92 Å². The Hall–Kier alpha value is -1.89. The molecule has 3 saturated carbocycles. The highest BCUT2D eigenvalue weighted by Crippen LogP contribution is 2.34. The van der Waals surface area contributed by atoms with Gasteiger partial charge in [0.1, 0.15) is 5.69 Å². The Labute approximate surface area is 153 Å². The molecule has 3 fully saturated rings. The van der Waals surface area contributed by atoms with Crippen molar-refractivity contribution in [1.29, 1.82) is 0 Å². The standard InChI is InChI=1S/C19H28N4O3/c24-18(25)12-22(11-13-5-6-13)16-9-14(10-16)21-19(26)17-7-8-20-23(17)15-3-1-2-4-15/h7-8,13-16H,1-6,9-12H2,(H,21,26)(H,24,25). The molecule has 2 N–H and O–H groups in total. The fourth-order valence-corrected chi connectivity index (χ4v) is 4.35. The summed E-state index contributed by atoms with van der Waals surface area (Å²) in [6.07, 6.45) is 10.4. The van der Waals surface area contributed by atoms with Gasteiger partial charge in [-0.3, -0.25) is 19.2 Å². The lowest BCUT2D eigenvalue weighted by Gasteiger charge is -2.42. The maximum atomic E-state index is 12.6. The van der Waals surface area contributed by atoms with E-state index in [-0.39, 0.29) is 24.5 Å². The van der Waals surface area contributed by atoms with Crippen molar-refractivity contribution < 1.29 is 14.7 Å². The fourth-order valence-electron chi connectivity index (χ4n) is 4.35. The van der Waals surface area contributed by atoms with Crippen molar-refractivity contribution >= 4 is 11.9 Å². The molecule has 0 bridgehead atoms. The van der Waals surface area contributed by atoms with Gasteiger partial charge in [0.25, 0.3) is 5.91 Å². The minimum atomic E-state index is -0.765. The molecule has 1 amide bonds. The van der Waals surface area contributed by atoms with E-state index in [0.29, 0.717) is 17.7 Å². The van der Waals surface area contributed by atoms with E-state index in [1.807, 2.05) is 4.68 Å². The van der Waals surface area contributed by atoms with E-state index in [0.717, 1.165) is 32.2 Å². The molecule has 3 aliphatic carbocycles. The van der Waals surface area contributed by atoms with Gasteiger partial charge in [-0.1, -0.05) is 12.8 Å².